The highest BCUT2D eigenvalue weighted by Gasteiger charge is 2.22. The van der Waals surface area contributed by atoms with Crippen molar-refractivity contribution < 1.29 is 15.0 Å². The fourth-order valence-electron chi connectivity index (χ4n) is 1.90. The number of aliphatic hydroxyl groups is 1. The minimum Gasteiger partial charge on any atom is -0.478 e. The highest BCUT2D eigenvalue weighted by Crippen LogP contribution is 2.37. The second kappa shape index (κ2) is 6.02. The first-order valence-electron chi connectivity index (χ1n) is 5.56. The Morgan fingerprint density at radius 1 is 1.05 bits per heavy atom. The van der Waals surface area contributed by atoms with Crippen LogP contribution in [0.4, 0.5) is 0 Å². The maximum atomic E-state index is 11.2. The molecule has 2 aromatic rings. The van der Waals surface area contributed by atoms with Gasteiger partial charge < -0.3 is 10.2 Å². The first-order chi connectivity index (χ1) is 9.41. The van der Waals surface area contributed by atoms with E-state index in [4.69, 9.17) is 39.9 Å². The molecule has 0 bridgehead atoms. The van der Waals surface area contributed by atoms with Crippen molar-refractivity contribution >= 4 is 40.8 Å². The quantitative estimate of drug-likeness (QED) is 0.875. The SMILES string of the molecule is O=C(O)c1ccccc1C(O)c1c(Cl)cc(Cl)cc1Cl. The number of carbonyl (C=O) groups is 1. The lowest BCUT2D eigenvalue weighted by atomic mass is 9.96. The lowest BCUT2D eigenvalue weighted by molar-refractivity contribution is 0.0691. The van der Waals surface area contributed by atoms with E-state index in [2.05, 4.69) is 0 Å². The molecule has 6 heteroatoms. The van der Waals surface area contributed by atoms with Crippen LogP contribution in [0, 0.1) is 0 Å². The van der Waals surface area contributed by atoms with Gasteiger partial charge in [-0.25, -0.2) is 4.79 Å². The van der Waals surface area contributed by atoms with Gasteiger partial charge in [0.05, 0.1) is 5.56 Å². The molecule has 0 aliphatic heterocycles. The summed E-state index contributed by atoms with van der Waals surface area (Å²) >= 11 is 17.9. The van der Waals surface area contributed by atoms with Crippen LogP contribution in [0.25, 0.3) is 0 Å². The van der Waals surface area contributed by atoms with Crippen molar-refractivity contribution in [2.24, 2.45) is 0 Å². The van der Waals surface area contributed by atoms with Crippen LogP contribution in [-0.4, -0.2) is 16.2 Å². The zero-order valence-electron chi connectivity index (χ0n) is 9.98. The van der Waals surface area contributed by atoms with Crippen LogP contribution in [0.15, 0.2) is 36.4 Å². The van der Waals surface area contributed by atoms with E-state index in [1.54, 1.807) is 12.1 Å². The van der Waals surface area contributed by atoms with E-state index in [-0.39, 0.29) is 26.7 Å². The Labute approximate surface area is 130 Å². The molecule has 3 nitrogen and oxygen atoms in total. The number of carboxylic acid groups (broad SMARTS) is 1. The Morgan fingerprint density at radius 2 is 1.60 bits per heavy atom. The van der Waals surface area contributed by atoms with Crippen LogP contribution >= 0.6 is 34.8 Å². The van der Waals surface area contributed by atoms with Crippen LogP contribution in [0.3, 0.4) is 0 Å². The highest BCUT2D eigenvalue weighted by molar-refractivity contribution is 6.39. The van der Waals surface area contributed by atoms with Crippen molar-refractivity contribution in [1.29, 1.82) is 0 Å². The number of hydrogen-bond donors (Lipinski definition) is 2. The third-order valence-corrected chi connectivity index (χ3v) is 3.65. The molecule has 2 N–H and O–H groups in total. The number of halogens is 3. The van der Waals surface area contributed by atoms with Gasteiger partial charge in [0.1, 0.15) is 6.10 Å². The molecule has 0 radical (unpaired) electrons. The summed E-state index contributed by atoms with van der Waals surface area (Å²) in [6.07, 6.45) is -1.25. The molecule has 0 aliphatic carbocycles. The molecule has 0 aliphatic rings. The average molecular weight is 332 g/mol. The molecule has 2 aromatic carbocycles. The van der Waals surface area contributed by atoms with E-state index in [9.17, 15) is 9.90 Å². The summed E-state index contributed by atoms with van der Waals surface area (Å²) in [5.74, 6) is -1.14. The zero-order valence-corrected chi connectivity index (χ0v) is 12.2. The molecule has 20 heavy (non-hydrogen) atoms. The molecule has 2 rings (SSSR count). The van der Waals surface area contributed by atoms with E-state index in [1.807, 2.05) is 0 Å². The molecule has 0 amide bonds. The molecular weight excluding hydrogens is 323 g/mol. The van der Waals surface area contributed by atoms with Crippen LogP contribution in [0.5, 0.6) is 0 Å². The maximum Gasteiger partial charge on any atom is 0.336 e. The molecule has 0 heterocycles. The largest absolute Gasteiger partial charge is 0.478 e. The number of aromatic carboxylic acids is 1. The number of benzene rings is 2. The Morgan fingerprint density at radius 3 is 2.15 bits per heavy atom. The van der Waals surface area contributed by atoms with E-state index in [0.29, 0.717) is 5.02 Å². The Balaban J connectivity index is 2.58. The molecule has 0 aromatic heterocycles. The van der Waals surface area contributed by atoms with Gasteiger partial charge in [0.25, 0.3) is 0 Å². The summed E-state index contributed by atoms with van der Waals surface area (Å²) in [4.78, 5) is 11.2. The normalized spacial score (nSPS) is 12.2. The topological polar surface area (TPSA) is 57.5 Å². The fourth-order valence-corrected chi connectivity index (χ4v) is 2.92. The molecular formula is C14H9Cl3O3. The van der Waals surface area contributed by atoms with Gasteiger partial charge in [-0.2, -0.15) is 0 Å². The molecule has 0 saturated carbocycles. The van der Waals surface area contributed by atoms with Gasteiger partial charge in [-0.05, 0) is 23.8 Å². The third kappa shape index (κ3) is 2.91. The summed E-state index contributed by atoms with van der Waals surface area (Å²) in [6.45, 7) is 0. The average Bonchev–Trinajstić information content (AvgIpc) is 2.37. The molecule has 104 valence electrons. The van der Waals surface area contributed by atoms with Gasteiger partial charge in [0.15, 0.2) is 0 Å². The van der Waals surface area contributed by atoms with Crippen LogP contribution in [0.2, 0.25) is 15.1 Å². The lowest BCUT2D eigenvalue weighted by Crippen LogP contribution is -2.09. The second-order valence-corrected chi connectivity index (χ2v) is 5.33. The van der Waals surface area contributed by atoms with Crippen LogP contribution < -0.4 is 0 Å². The van der Waals surface area contributed by atoms with Gasteiger partial charge >= 0.3 is 5.97 Å². The third-order valence-electron chi connectivity index (χ3n) is 2.80. The van der Waals surface area contributed by atoms with Crippen molar-refractivity contribution in [3.63, 3.8) is 0 Å². The fraction of sp³-hybridized carbons (Fsp3) is 0.0714. The van der Waals surface area contributed by atoms with Gasteiger partial charge in [0.2, 0.25) is 0 Å². The summed E-state index contributed by atoms with van der Waals surface area (Å²) in [7, 11) is 0. The summed E-state index contributed by atoms with van der Waals surface area (Å²) in [6, 6.07) is 9.00. The van der Waals surface area contributed by atoms with E-state index in [0.717, 1.165) is 0 Å². The number of rotatable bonds is 3. The van der Waals surface area contributed by atoms with Crippen molar-refractivity contribution in [3.05, 3.63) is 68.2 Å². The summed E-state index contributed by atoms with van der Waals surface area (Å²) in [5, 5.41) is 20.2. The summed E-state index contributed by atoms with van der Waals surface area (Å²) < 4.78 is 0. The van der Waals surface area contributed by atoms with Gasteiger partial charge in [-0.3, -0.25) is 0 Å². The van der Waals surface area contributed by atoms with E-state index < -0.39 is 12.1 Å². The van der Waals surface area contributed by atoms with Crippen LogP contribution in [0.1, 0.15) is 27.6 Å². The predicted molar refractivity (Wildman–Crippen MR) is 78.9 cm³/mol. The minimum atomic E-state index is -1.25. The number of aliphatic hydroxyl groups excluding tert-OH is 1. The van der Waals surface area contributed by atoms with Crippen molar-refractivity contribution in [3.8, 4) is 0 Å². The summed E-state index contributed by atoms with van der Waals surface area (Å²) in [5.41, 5.74) is 0.430. The first-order valence-corrected chi connectivity index (χ1v) is 6.70. The van der Waals surface area contributed by atoms with Gasteiger partial charge in [-0.1, -0.05) is 53.0 Å². The Bertz CT molecular complexity index is 647. The molecule has 1 atom stereocenters. The van der Waals surface area contributed by atoms with Crippen molar-refractivity contribution in [2.75, 3.05) is 0 Å². The predicted octanol–water partition coefficient (Wildman–Crippen LogP) is 4.43. The van der Waals surface area contributed by atoms with E-state index >= 15 is 0 Å². The monoisotopic (exact) mass is 330 g/mol. The standard InChI is InChI=1S/C14H9Cl3O3/c15-7-5-10(16)12(11(17)6-7)13(18)8-3-1-2-4-9(8)14(19)20/h1-6,13,18H,(H,19,20). The molecule has 0 spiro atoms. The Hall–Kier alpha value is -1.26. The van der Waals surface area contributed by atoms with Gasteiger partial charge in [-0.15, -0.1) is 0 Å². The number of hydrogen-bond acceptors (Lipinski definition) is 2. The van der Waals surface area contributed by atoms with Gasteiger partial charge in [0, 0.05) is 20.6 Å². The van der Waals surface area contributed by atoms with Crippen LogP contribution in [-0.2, 0) is 0 Å². The first kappa shape index (κ1) is 15.1. The Kier molecular flexibility index (Phi) is 4.55. The lowest BCUT2D eigenvalue weighted by Gasteiger charge is -2.17. The smallest absolute Gasteiger partial charge is 0.336 e. The zero-order chi connectivity index (χ0) is 14.9. The highest BCUT2D eigenvalue weighted by atomic mass is 35.5. The molecule has 0 saturated heterocycles. The van der Waals surface area contributed by atoms with Crippen molar-refractivity contribution in [2.45, 2.75) is 6.10 Å². The number of carboxylic acids is 1. The maximum absolute atomic E-state index is 11.2. The van der Waals surface area contributed by atoms with Crippen molar-refractivity contribution in [1.82, 2.24) is 0 Å². The molecule has 0 fully saturated rings. The minimum absolute atomic E-state index is 0.0120. The van der Waals surface area contributed by atoms with E-state index in [1.165, 1.54) is 24.3 Å². The molecule has 1 unspecified atom stereocenters. The second-order valence-electron chi connectivity index (χ2n) is 4.08.